The van der Waals surface area contributed by atoms with Crippen LogP contribution in [-0.2, 0) is 23.7 Å². The highest BCUT2D eigenvalue weighted by Crippen LogP contribution is 2.37. The molecule has 0 fully saturated rings. The molecule has 0 heterocycles. The first-order chi connectivity index (χ1) is 17.7. The van der Waals surface area contributed by atoms with Gasteiger partial charge in [0.2, 0.25) is 0 Å². The Morgan fingerprint density at radius 2 is 0.897 bits per heavy atom. The van der Waals surface area contributed by atoms with Gasteiger partial charge in [0.05, 0.1) is 0 Å². The molecule has 216 valence electrons. The van der Waals surface area contributed by atoms with Gasteiger partial charge in [-0.25, -0.2) is 0 Å². The van der Waals surface area contributed by atoms with Gasteiger partial charge in [0.25, 0.3) is 0 Å². The summed E-state index contributed by atoms with van der Waals surface area (Å²) in [4.78, 5) is 9.24. The van der Waals surface area contributed by atoms with Crippen LogP contribution in [-0.4, -0.2) is 35.7 Å². The molecular weight excluding hydrogens is 480 g/mol. The molecule has 2 N–H and O–H groups in total. The van der Waals surface area contributed by atoms with E-state index in [9.17, 15) is 10.2 Å². The Balaban J connectivity index is 2.15. The minimum atomic E-state index is -0.155. The van der Waals surface area contributed by atoms with Crippen molar-refractivity contribution in [2.75, 3.05) is 13.1 Å². The number of aromatic hydroxyl groups is 2. The molecule has 0 aliphatic carbocycles. The minimum Gasteiger partial charge on any atom is -0.507 e. The predicted octanol–water partition coefficient (Wildman–Crippen LogP) is 8.80. The van der Waals surface area contributed by atoms with Crippen LogP contribution in [0.2, 0.25) is 0 Å². The maximum absolute atomic E-state index is 11.0. The van der Waals surface area contributed by atoms with Crippen molar-refractivity contribution < 1.29 is 10.2 Å². The van der Waals surface area contributed by atoms with Crippen LogP contribution >= 0.6 is 0 Å². The Kier molecular flexibility index (Phi) is 10.3. The molecule has 0 saturated carbocycles. The highest BCUT2D eigenvalue weighted by atomic mass is 16.3. The molecule has 0 spiro atoms. The number of phenols is 2. The van der Waals surface area contributed by atoms with Gasteiger partial charge < -0.3 is 10.2 Å². The third-order valence-corrected chi connectivity index (χ3v) is 6.52. The van der Waals surface area contributed by atoms with Gasteiger partial charge in [0.1, 0.15) is 11.5 Å². The summed E-state index contributed by atoms with van der Waals surface area (Å²) >= 11 is 0. The quantitative estimate of drug-likeness (QED) is 0.262. The lowest BCUT2D eigenvalue weighted by molar-refractivity contribution is 0.408. The normalized spacial score (nSPS) is 13.6. The molecule has 2 rings (SSSR count). The van der Waals surface area contributed by atoms with Crippen LogP contribution in [0.5, 0.6) is 11.5 Å². The van der Waals surface area contributed by atoms with E-state index in [2.05, 4.69) is 117 Å². The average Bonchev–Trinajstić information content (AvgIpc) is 2.73. The molecular formula is C35H54N2O2. The van der Waals surface area contributed by atoms with E-state index in [1.54, 1.807) is 12.4 Å². The number of rotatable bonds is 8. The molecule has 39 heavy (non-hydrogen) atoms. The van der Waals surface area contributed by atoms with Gasteiger partial charge in [-0.05, 0) is 64.2 Å². The summed E-state index contributed by atoms with van der Waals surface area (Å²) in [6.07, 6.45) is 6.27. The summed E-state index contributed by atoms with van der Waals surface area (Å²) < 4.78 is 0. The van der Waals surface area contributed by atoms with Crippen molar-refractivity contribution in [3.05, 3.63) is 57.6 Å². The van der Waals surface area contributed by atoms with Gasteiger partial charge in [-0.3, -0.25) is 9.98 Å². The first-order valence-electron chi connectivity index (χ1n) is 14.4. The van der Waals surface area contributed by atoms with Gasteiger partial charge >= 0.3 is 0 Å². The summed E-state index contributed by atoms with van der Waals surface area (Å²) in [5, 5.41) is 21.9. The van der Waals surface area contributed by atoms with Crippen LogP contribution in [0, 0.1) is 10.8 Å². The lowest BCUT2D eigenvalue weighted by atomic mass is 9.81. The molecule has 0 bridgehead atoms. The lowest BCUT2D eigenvalue weighted by Crippen LogP contribution is -2.15. The van der Waals surface area contributed by atoms with Crippen LogP contribution in [0.3, 0.4) is 0 Å². The third-order valence-electron chi connectivity index (χ3n) is 6.52. The lowest BCUT2D eigenvalue weighted by Gasteiger charge is -2.25. The highest BCUT2D eigenvalue weighted by molar-refractivity contribution is 5.85. The monoisotopic (exact) mass is 534 g/mol. The van der Waals surface area contributed by atoms with E-state index in [0.717, 1.165) is 41.5 Å². The van der Waals surface area contributed by atoms with Gasteiger partial charge in [-0.2, -0.15) is 0 Å². The van der Waals surface area contributed by atoms with E-state index in [4.69, 9.17) is 0 Å². The smallest absolute Gasteiger partial charge is 0.128 e. The fourth-order valence-electron chi connectivity index (χ4n) is 4.79. The highest BCUT2D eigenvalue weighted by Gasteiger charge is 2.24. The van der Waals surface area contributed by atoms with Crippen LogP contribution in [0.25, 0.3) is 0 Å². The second-order valence-corrected chi connectivity index (χ2v) is 15.6. The molecule has 0 aliphatic heterocycles. The van der Waals surface area contributed by atoms with Crippen LogP contribution in [0.15, 0.2) is 34.3 Å². The number of hydrogen-bond acceptors (Lipinski definition) is 4. The first-order valence-corrected chi connectivity index (χ1v) is 14.4. The van der Waals surface area contributed by atoms with Crippen molar-refractivity contribution in [1.29, 1.82) is 0 Å². The molecule has 0 amide bonds. The van der Waals surface area contributed by atoms with Crippen molar-refractivity contribution in [3.63, 3.8) is 0 Å². The van der Waals surface area contributed by atoms with Gasteiger partial charge in [-0.15, -0.1) is 0 Å². The standard InChI is InChI=1S/C35H54N2O2/c1-32(2,3)20-24-16-26(30(38)28(18-24)34(7,8)9)22-36-14-13-15-37-23-27-17-25(21-33(4,5)6)19-29(31(27)39)35(10,11)12/h16-19,22-23,38-39H,13-15,20-21H2,1-12H3. The molecule has 2 aromatic rings. The molecule has 0 atom stereocenters. The average molecular weight is 535 g/mol. The van der Waals surface area contributed by atoms with E-state index in [-0.39, 0.29) is 21.7 Å². The third kappa shape index (κ3) is 10.5. The van der Waals surface area contributed by atoms with E-state index in [1.165, 1.54) is 11.1 Å². The van der Waals surface area contributed by atoms with E-state index < -0.39 is 0 Å². The number of aliphatic imine (C=N–C) groups is 2. The number of benzene rings is 2. The molecule has 0 saturated heterocycles. The topological polar surface area (TPSA) is 65.2 Å². The van der Waals surface area contributed by atoms with E-state index in [1.807, 2.05) is 0 Å². The maximum Gasteiger partial charge on any atom is 0.128 e. The van der Waals surface area contributed by atoms with E-state index >= 15 is 0 Å². The Bertz CT molecular complexity index is 1080. The van der Waals surface area contributed by atoms with Gasteiger partial charge in [-0.1, -0.05) is 95.2 Å². The van der Waals surface area contributed by atoms with E-state index in [0.29, 0.717) is 24.6 Å². The second kappa shape index (κ2) is 12.3. The van der Waals surface area contributed by atoms with Crippen molar-refractivity contribution in [2.45, 2.75) is 113 Å². The molecule has 0 aromatic heterocycles. The summed E-state index contributed by atoms with van der Waals surface area (Å²) in [6, 6.07) is 8.42. The zero-order valence-corrected chi connectivity index (χ0v) is 26.8. The van der Waals surface area contributed by atoms with Crippen molar-refractivity contribution in [1.82, 2.24) is 0 Å². The van der Waals surface area contributed by atoms with Crippen LogP contribution < -0.4 is 0 Å². The Hall–Kier alpha value is -2.62. The zero-order chi connectivity index (χ0) is 29.8. The number of nitrogens with zero attached hydrogens (tertiary/aromatic N) is 2. The molecule has 0 unspecified atom stereocenters. The molecule has 4 nitrogen and oxygen atoms in total. The summed E-state index contributed by atoms with van der Waals surface area (Å²) in [7, 11) is 0. The fourth-order valence-corrected chi connectivity index (χ4v) is 4.79. The fraction of sp³-hybridized carbons (Fsp3) is 0.600. The molecule has 4 heteroatoms. The minimum absolute atomic E-state index is 0.155. The van der Waals surface area contributed by atoms with Gasteiger partial charge in [0.15, 0.2) is 0 Å². The first kappa shape index (κ1) is 32.6. The summed E-state index contributed by atoms with van der Waals surface area (Å²) in [5.41, 5.74) is 5.92. The summed E-state index contributed by atoms with van der Waals surface area (Å²) in [5.74, 6) is 0.643. The van der Waals surface area contributed by atoms with Crippen LogP contribution in [0.4, 0.5) is 0 Å². The Morgan fingerprint density at radius 3 is 1.18 bits per heavy atom. The largest absolute Gasteiger partial charge is 0.507 e. The number of phenolic OH excluding ortho intramolecular Hbond substituents is 2. The SMILES string of the molecule is CC(C)(C)Cc1cc(C=NCCCN=Cc2cc(CC(C)(C)C)cc(C(C)(C)C)c2O)c(O)c(C(C)(C)C)c1. The van der Waals surface area contributed by atoms with Crippen LogP contribution in [0.1, 0.15) is 123 Å². The van der Waals surface area contributed by atoms with Crippen molar-refractivity contribution >= 4 is 12.4 Å². The molecule has 0 radical (unpaired) electrons. The maximum atomic E-state index is 11.0. The second-order valence-electron chi connectivity index (χ2n) is 15.6. The Labute approximate surface area is 238 Å². The predicted molar refractivity (Wildman–Crippen MR) is 169 cm³/mol. The number of hydrogen-bond donors (Lipinski definition) is 2. The summed E-state index contributed by atoms with van der Waals surface area (Å²) in [6.45, 7) is 27.4. The Morgan fingerprint density at radius 1 is 0.564 bits per heavy atom. The zero-order valence-electron chi connectivity index (χ0n) is 26.8. The van der Waals surface area contributed by atoms with Crippen molar-refractivity contribution in [2.24, 2.45) is 20.8 Å². The van der Waals surface area contributed by atoms with Crippen molar-refractivity contribution in [3.8, 4) is 11.5 Å². The molecule has 2 aromatic carbocycles. The van der Waals surface area contributed by atoms with Gasteiger partial charge in [0, 0.05) is 47.8 Å². The molecule has 0 aliphatic rings.